The second-order valence-corrected chi connectivity index (χ2v) is 7.20. The van der Waals surface area contributed by atoms with Crippen LogP contribution in [0, 0.1) is 11.3 Å². The van der Waals surface area contributed by atoms with Crippen molar-refractivity contribution in [3.05, 3.63) is 23.4 Å². The first-order valence-corrected chi connectivity index (χ1v) is 7.74. The molecule has 0 aliphatic heterocycles. The molecule has 102 valence electrons. The number of rotatable bonds is 6. The lowest BCUT2D eigenvalue weighted by Gasteiger charge is -2.26. The molecule has 5 heteroatoms. The fraction of sp³-hybridized carbons (Fsp3) is 0.571. The zero-order valence-electron chi connectivity index (χ0n) is 11.2. The average molecular weight is 296 g/mol. The van der Waals surface area contributed by atoms with Gasteiger partial charge in [-0.3, -0.25) is 5.32 Å². The van der Waals surface area contributed by atoms with Crippen molar-refractivity contribution in [2.75, 3.05) is 0 Å². The molecule has 2 atom stereocenters. The maximum atomic E-state index is 9.36. The van der Waals surface area contributed by atoms with E-state index in [0.29, 0.717) is 16.3 Å². The van der Waals surface area contributed by atoms with Crippen LogP contribution in [0.1, 0.15) is 33.1 Å². The Morgan fingerprint density at radius 3 is 2.89 bits per heavy atom. The van der Waals surface area contributed by atoms with E-state index in [1.165, 1.54) is 12.8 Å². The predicted octanol–water partition coefficient (Wildman–Crippen LogP) is 3.64. The Balaban J connectivity index is 1.90. The number of nitrogens with zero attached hydrogens (tertiary/aromatic N) is 2. The van der Waals surface area contributed by atoms with E-state index in [0.717, 1.165) is 11.4 Å². The monoisotopic (exact) mass is 295 g/mol. The molecule has 0 bridgehead atoms. The molecule has 3 nitrogen and oxygen atoms in total. The third kappa shape index (κ3) is 4.68. The number of thioether (sulfide) groups is 1. The highest BCUT2D eigenvalue weighted by Crippen LogP contribution is 2.30. The SMILES string of the molecule is CC(CC(C)(C#N)NC1CC1)Sc1ccc(Cl)cn1. The van der Waals surface area contributed by atoms with Crippen molar-refractivity contribution in [3.8, 4) is 6.07 Å². The summed E-state index contributed by atoms with van der Waals surface area (Å²) in [4.78, 5) is 4.28. The Morgan fingerprint density at radius 2 is 2.37 bits per heavy atom. The standard InChI is InChI=1S/C14H18ClN3S/c1-10(19-13-6-3-11(15)8-17-13)7-14(2,9-16)18-12-4-5-12/h3,6,8,10,12,18H,4-5,7H2,1-2H3. The number of halogens is 1. The van der Waals surface area contributed by atoms with Crippen molar-refractivity contribution in [1.82, 2.24) is 10.3 Å². The summed E-state index contributed by atoms with van der Waals surface area (Å²) >= 11 is 7.50. The number of nitriles is 1. The molecule has 1 aromatic heterocycles. The van der Waals surface area contributed by atoms with Crippen LogP contribution in [0.5, 0.6) is 0 Å². The first-order valence-electron chi connectivity index (χ1n) is 6.48. The minimum atomic E-state index is -0.444. The van der Waals surface area contributed by atoms with E-state index in [1.54, 1.807) is 18.0 Å². The molecule has 1 aliphatic carbocycles. The fourth-order valence-electron chi connectivity index (χ4n) is 2.07. The van der Waals surface area contributed by atoms with Gasteiger partial charge < -0.3 is 0 Å². The molecule has 1 N–H and O–H groups in total. The van der Waals surface area contributed by atoms with Crippen LogP contribution in [0.4, 0.5) is 0 Å². The highest BCUT2D eigenvalue weighted by Gasteiger charge is 2.33. The third-order valence-corrected chi connectivity index (χ3v) is 4.34. The molecule has 2 rings (SSSR count). The molecule has 1 heterocycles. The van der Waals surface area contributed by atoms with E-state index < -0.39 is 5.54 Å². The van der Waals surface area contributed by atoms with Crippen LogP contribution in [-0.2, 0) is 0 Å². The summed E-state index contributed by atoms with van der Waals surface area (Å²) < 4.78 is 0. The third-order valence-electron chi connectivity index (χ3n) is 3.06. The number of hydrogen-bond acceptors (Lipinski definition) is 4. The molecule has 19 heavy (non-hydrogen) atoms. The predicted molar refractivity (Wildman–Crippen MR) is 79.4 cm³/mol. The Bertz CT molecular complexity index is 467. The van der Waals surface area contributed by atoms with Gasteiger partial charge in [0.15, 0.2) is 0 Å². The van der Waals surface area contributed by atoms with E-state index in [1.807, 2.05) is 19.1 Å². The number of aromatic nitrogens is 1. The Morgan fingerprint density at radius 1 is 1.63 bits per heavy atom. The van der Waals surface area contributed by atoms with Crippen LogP contribution in [-0.4, -0.2) is 21.8 Å². The molecule has 1 fully saturated rings. The van der Waals surface area contributed by atoms with Gasteiger partial charge in [0, 0.05) is 17.5 Å². The smallest absolute Gasteiger partial charge is 0.105 e. The second-order valence-electron chi connectivity index (χ2n) is 5.31. The maximum Gasteiger partial charge on any atom is 0.105 e. The summed E-state index contributed by atoms with van der Waals surface area (Å²) in [6.45, 7) is 4.11. The Kier molecular flexibility index (Phi) is 4.72. The second kappa shape index (κ2) is 6.13. The van der Waals surface area contributed by atoms with Gasteiger partial charge in [0.2, 0.25) is 0 Å². The van der Waals surface area contributed by atoms with E-state index in [4.69, 9.17) is 11.6 Å². The number of nitrogens with one attached hydrogen (secondary N) is 1. The van der Waals surface area contributed by atoms with E-state index in [-0.39, 0.29) is 0 Å². The molecule has 0 amide bonds. The Labute approximate surface area is 123 Å². The lowest BCUT2D eigenvalue weighted by atomic mass is 9.98. The summed E-state index contributed by atoms with van der Waals surface area (Å²) in [5, 5.41) is 14.7. The molecule has 1 saturated carbocycles. The molecule has 1 aliphatic rings. The summed E-state index contributed by atoms with van der Waals surface area (Å²) in [5.74, 6) is 0. The highest BCUT2D eigenvalue weighted by atomic mass is 35.5. The van der Waals surface area contributed by atoms with Gasteiger partial charge in [-0.15, -0.1) is 11.8 Å². The van der Waals surface area contributed by atoms with Gasteiger partial charge in [-0.25, -0.2) is 4.98 Å². The van der Waals surface area contributed by atoms with Crippen LogP contribution >= 0.6 is 23.4 Å². The molecule has 0 aromatic carbocycles. The number of hydrogen-bond donors (Lipinski definition) is 1. The van der Waals surface area contributed by atoms with Crippen LogP contribution in [0.2, 0.25) is 5.02 Å². The van der Waals surface area contributed by atoms with Crippen LogP contribution in [0.3, 0.4) is 0 Å². The lowest BCUT2D eigenvalue weighted by molar-refractivity contribution is 0.414. The van der Waals surface area contributed by atoms with Gasteiger partial charge in [0.25, 0.3) is 0 Å². The van der Waals surface area contributed by atoms with E-state index >= 15 is 0 Å². The molecule has 2 unspecified atom stereocenters. The first-order chi connectivity index (χ1) is 9.00. The summed E-state index contributed by atoms with van der Waals surface area (Å²) in [5.41, 5.74) is -0.444. The Hall–Kier alpha value is -0.760. The lowest BCUT2D eigenvalue weighted by Crippen LogP contribution is -2.44. The maximum absolute atomic E-state index is 9.36. The minimum absolute atomic E-state index is 0.324. The van der Waals surface area contributed by atoms with Crippen molar-refractivity contribution in [2.45, 2.75) is 55.0 Å². The van der Waals surface area contributed by atoms with Crippen LogP contribution < -0.4 is 5.32 Å². The van der Waals surface area contributed by atoms with E-state index in [2.05, 4.69) is 23.3 Å². The van der Waals surface area contributed by atoms with E-state index in [9.17, 15) is 5.26 Å². The quantitative estimate of drug-likeness (QED) is 0.814. The molecular formula is C14H18ClN3S. The van der Waals surface area contributed by atoms with Gasteiger partial charge in [-0.2, -0.15) is 5.26 Å². The summed E-state index contributed by atoms with van der Waals surface area (Å²) in [6.07, 6.45) is 4.84. The first kappa shape index (κ1) is 14.6. The molecule has 1 aromatic rings. The van der Waals surface area contributed by atoms with Gasteiger partial charge in [0.05, 0.1) is 16.1 Å². The zero-order valence-corrected chi connectivity index (χ0v) is 12.8. The highest BCUT2D eigenvalue weighted by molar-refractivity contribution is 7.99. The minimum Gasteiger partial charge on any atom is -0.297 e. The molecule has 0 radical (unpaired) electrons. The average Bonchev–Trinajstić information content (AvgIpc) is 3.15. The van der Waals surface area contributed by atoms with Crippen molar-refractivity contribution in [1.29, 1.82) is 5.26 Å². The van der Waals surface area contributed by atoms with Crippen molar-refractivity contribution in [3.63, 3.8) is 0 Å². The van der Waals surface area contributed by atoms with Gasteiger partial charge in [0.1, 0.15) is 5.54 Å². The van der Waals surface area contributed by atoms with Gasteiger partial charge in [-0.05, 0) is 38.3 Å². The molecular weight excluding hydrogens is 278 g/mol. The molecule has 0 saturated heterocycles. The zero-order chi connectivity index (χ0) is 13.9. The van der Waals surface area contributed by atoms with Gasteiger partial charge in [-0.1, -0.05) is 18.5 Å². The van der Waals surface area contributed by atoms with Crippen LogP contribution in [0.25, 0.3) is 0 Å². The van der Waals surface area contributed by atoms with Crippen molar-refractivity contribution in [2.24, 2.45) is 0 Å². The van der Waals surface area contributed by atoms with Crippen molar-refractivity contribution >= 4 is 23.4 Å². The van der Waals surface area contributed by atoms with Gasteiger partial charge >= 0.3 is 0 Å². The van der Waals surface area contributed by atoms with Crippen LogP contribution in [0.15, 0.2) is 23.4 Å². The summed E-state index contributed by atoms with van der Waals surface area (Å²) in [7, 11) is 0. The molecule has 0 spiro atoms. The normalized spacial score (nSPS) is 19.5. The summed E-state index contributed by atoms with van der Waals surface area (Å²) in [6, 6.07) is 6.71. The largest absolute Gasteiger partial charge is 0.297 e. The topological polar surface area (TPSA) is 48.7 Å². The number of pyridine rings is 1. The van der Waals surface area contributed by atoms with Crippen molar-refractivity contribution < 1.29 is 0 Å². The fourth-order valence-corrected chi connectivity index (χ4v) is 3.27.